The first kappa shape index (κ1) is 11.4. The number of benzene rings is 1. The molecule has 1 aliphatic heterocycles. The van der Waals surface area contributed by atoms with Crippen LogP contribution < -0.4 is 11.1 Å². The first-order valence-electron chi connectivity index (χ1n) is 5.38. The molecular weight excluding hydrogens is 220 g/mol. The van der Waals surface area contributed by atoms with Gasteiger partial charge in [0, 0.05) is 16.9 Å². The van der Waals surface area contributed by atoms with Crippen molar-refractivity contribution in [2.45, 2.75) is 19.3 Å². The Kier molecular flexibility index (Phi) is 2.53. The third-order valence-corrected chi connectivity index (χ3v) is 2.97. The van der Waals surface area contributed by atoms with Crippen LogP contribution >= 0.6 is 0 Å². The average molecular weight is 234 g/mol. The number of hydrogen-bond donors (Lipinski definition) is 2. The van der Waals surface area contributed by atoms with Crippen LogP contribution in [0.3, 0.4) is 0 Å². The number of anilines is 2. The molecule has 0 radical (unpaired) electrons. The highest BCUT2D eigenvalue weighted by Crippen LogP contribution is 2.39. The lowest BCUT2D eigenvalue weighted by atomic mass is 9.84. The molecule has 17 heavy (non-hydrogen) atoms. The van der Waals surface area contributed by atoms with Crippen molar-refractivity contribution in [2.75, 3.05) is 17.7 Å². The number of carbonyl (C=O) groups excluding carboxylic acids is 2. The van der Waals surface area contributed by atoms with Gasteiger partial charge in [0.1, 0.15) is 0 Å². The Labute approximate surface area is 98.9 Å². The van der Waals surface area contributed by atoms with Gasteiger partial charge in [0.25, 0.3) is 0 Å². The Morgan fingerprint density at radius 1 is 1.53 bits per heavy atom. The van der Waals surface area contributed by atoms with Crippen LogP contribution in [-0.4, -0.2) is 18.5 Å². The molecule has 2 rings (SSSR count). The first-order chi connectivity index (χ1) is 8.00. The van der Waals surface area contributed by atoms with Crippen LogP contribution in [0.25, 0.3) is 0 Å². The summed E-state index contributed by atoms with van der Waals surface area (Å²) >= 11 is 0. The minimum absolute atomic E-state index is 0.242. The highest BCUT2D eigenvalue weighted by atomic mass is 16.5. The molecule has 0 bridgehead atoms. The van der Waals surface area contributed by atoms with Crippen molar-refractivity contribution < 1.29 is 14.3 Å². The van der Waals surface area contributed by atoms with E-state index in [2.05, 4.69) is 5.32 Å². The van der Waals surface area contributed by atoms with E-state index >= 15 is 0 Å². The Bertz CT molecular complexity index is 499. The van der Waals surface area contributed by atoms with E-state index < -0.39 is 11.4 Å². The van der Waals surface area contributed by atoms with E-state index in [4.69, 9.17) is 10.5 Å². The second-order valence-electron chi connectivity index (χ2n) is 4.10. The number of esters is 1. The first-order valence-corrected chi connectivity index (χ1v) is 5.38. The zero-order valence-corrected chi connectivity index (χ0v) is 9.74. The van der Waals surface area contributed by atoms with Crippen molar-refractivity contribution in [2.24, 2.45) is 0 Å². The number of rotatable bonds is 2. The molecule has 0 saturated carbocycles. The molecule has 5 nitrogen and oxygen atoms in total. The molecule has 0 spiro atoms. The fourth-order valence-corrected chi connectivity index (χ4v) is 1.95. The van der Waals surface area contributed by atoms with Gasteiger partial charge in [0.05, 0.1) is 6.61 Å². The molecule has 0 aromatic heterocycles. The zero-order chi connectivity index (χ0) is 12.6. The van der Waals surface area contributed by atoms with Gasteiger partial charge in [-0.25, -0.2) is 0 Å². The summed E-state index contributed by atoms with van der Waals surface area (Å²) in [5.41, 5.74) is 6.07. The number of nitrogens with one attached hydrogen (secondary N) is 1. The van der Waals surface area contributed by atoms with Gasteiger partial charge < -0.3 is 15.8 Å². The topological polar surface area (TPSA) is 81.4 Å². The van der Waals surface area contributed by atoms with Crippen molar-refractivity contribution in [3.05, 3.63) is 23.8 Å². The van der Waals surface area contributed by atoms with Crippen molar-refractivity contribution in [3.8, 4) is 0 Å². The van der Waals surface area contributed by atoms with Gasteiger partial charge in [0.2, 0.25) is 5.91 Å². The van der Waals surface area contributed by atoms with Gasteiger partial charge in [-0.3, -0.25) is 9.59 Å². The molecule has 0 saturated heterocycles. The molecule has 0 aliphatic carbocycles. The molecule has 1 unspecified atom stereocenters. The van der Waals surface area contributed by atoms with Gasteiger partial charge in [-0.2, -0.15) is 0 Å². The summed E-state index contributed by atoms with van der Waals surface area (Å²) in [5.74, 6) is -0.919. The number of ether oxygens (including phenoxy) is 1. The third kappa shape index (κ3) is 1.54. The quantitative estimate of drug-likeness (QED) is 0.455. The van der Waals surface area contributed by atoms with Gasteiger partial charge in [-0.1, -0.05) is 6.07 Å². The van der Waals surface area contributed by atoms with Crippen LogP contribution in [0, 0.1) is 0 Å². The van der Waals surface area contributed by atoms with Crippen molar-refractivity contribution in [3.63, 3.8) is 0 Å². The second-order valence-corrected chi connectivity index (χ2v) is 4.10. The van der Waals surface area contributed by atoms with Gasteiger partial charge in [-0.05, 0) is 26.0 Å². The molecule has 1 heterocycles. The number of nitrogens with two attached hydrogens (primary N) is 1. The lowest BCUT2D eigenvalue weighted by Crippen LogP contribution is -2.40. The van der Waals surface area contributed by atoms with Gasteiger partial charge in [-0.15, -0.1) is 0 Å². The van der Waals surface area contributed by atoms with Crippen molar-refractivity contribution >= 4 is 23.3 Å². The lowest BCUT2D eigenvalue weighted by Gasteiger charge is -2.19. The molecule has 1 aliphatic rings. The lowest BCUT2D eigenvalue weighted by molar-refractivity contribution is -0.152. The molecule has 90 valence electrons. The van der Waals surface area contributed by atoms with Crippen LogP contribution in [0.2, 0.25) is 0 Å². The fourth-order valence-electron chi connectivity index (χ4n) is 1.95. The van der Waals surface area contributed by atoms with Gasteiger partial charge in [0.15, 0.2) is 5.41 Å². The van der Waals surface area contributed by atoms with Gasteiger partial charge >= 0.3 is 5.97 Å². The SMILES string of the molecule is CCOC(=O)C1(C)C(=O)Nc2cc(N)ccc21. The smallest absolute Gasteiger partial charge is 0.326 e. The molecule has 1 aromatic carbocycles. The minimum Gasteiger partial charge on any atom is -0.465 e. The Hall–Kier alpha value is -2.04. The van der Waals surface area contributed by atoms with Crippen LogP contribution in [0.15, 0.2) is 18.2 Å². The summed E-state index contributed by atoms with van der Waals surface area (Å²) in [4.78, 5) is 23.8. The Morgan fingerprint density at radius 2 is 2.24 bits per heavy atom. The summed E-state index contributed by atoms with van der Waals surface area (Å²) in [6.07, 6.45) is 0. The molecule has 3 N–H and O–H groups in total. The second kappa shape index (κ2) is 3.76. The number of hydrogen-bond acceptors (Lipinski definition) is 4. The van der Waals surface area contributed by atoms with E-state index in [1.807, 2.05) is 0 Å². The van der Waals surface area contributed by atoms with E-state index in [0.717, 1.165) is 0 Å². The van der Waals surface area contributed by atoms with E-state index in [0.29, 0.717) is 16.9 Å². The Balaban J connectivity index is 2.50. The summed E-state index contributed by atoms with van der Waals surface area (Å²) in [5, 5.41) is 2.65. The van der Waals surface area contributed by atoms with Crippen molar-refractivity contribution in [1.82, 2.24) is 0 Å². The Morgan fingerprint density at radius 3 is 2.88 bits per heavy atom. The molecular formula is C12H14N2O3. The zero-order valence-electron chi connectivity index (χ0n) is 9.74. The number of nitrogen functional groups attached to an aromatic ring is 1. The maximum absolute atomic E-state index is 11.9. The highest BCUT2D eigenvalue weighted by Gasteiger charge is 2.50. The molecule has 0 fully saturated rings. The summed E-state index contributed by atoms with van der Waals surface area (Å²) in [6.45, 7) is 3.51. The van der Waals surface area contributed by atoms with Crippen molar-refractivity contribution in [1.29, 1.82) is 0 Å². The maximum atomic E-state index is 11.9. The van der Waals surface area contributed by atoms with Crippen LogP contribution in [-0.2, 0) is 19.7 Å². The maximum Gasteiger partial charge on any atom is 0.326 e. The van der Waals surface area contributed by atoms with E-state index in [-0.39, 0.29) is 12.5 Å². The fraction of sp³-hybridized carbons (Fsp3) is 0.333. The number of fused-ring (bicyclic) bond motifs is 1. The molecule has 1 atom stereocenters. The summed E-state index contributed by atoms with van der Waals surface area (Å²) in [6, 6.07) is 4.98. The van der Waals surface area contributed by atoms with Crippen LogP contribution in [0.5, 0.6) is 0 Å². The summed E-state index contributed by atoms with van der Waals surface area (Å²) < 4.78 is 4.96. The normalized spacial score (nSPS) is 21.9. The molecule has 1 amide bonds. The highest BCUT2D eigenvalue weighted by molar-refractivity contribution is 6.19. The number of amides is 1. The molecule has 5 heteroatoms. The molecule has 1 aromatic rings. The third-order valence-electron chi connectivity index (χ3n) is 2.97. The number of carbonyl (C=O) groups is 2. The predicted molar refractivity (Wildman–Crippen MR) is 63.5 cm³/mol. The van der Waals surface area contributed by atoms with E-state index in [9.17, 15) is 9.59 Å². The predicted octanol–water partition coefficient (Wildman–Crippen LogP) is 1.04. The largest absolute Gasteiger partial charge is 0.465 e. The summed E-state index contributed by atoms with van der Waals surface area (Å²) in [7, 11) is 0. The monoisotopic (exact) mass is 234 g/mol. The van der Waals surface area contributed by atoms with E-state index in [1.165, 1.54) is 0 Å². The van der Waals surface area contributed by atoms with E-state index in [1.54, 1.807) is 32.0 Å². The van der Waals surface area contributed by atoms with Crippen LogP contribution in [0.4, 0.5) is 11.4 Å². The minimum atomic E-state index is -1.28. The standard InChI is InChI=1S/C12H14N2O3/c1-3-17-11(16)12(2)8-5-4-7(13)6-9(8)14-10(12)15/h4-6H,3,13H2,1-2H3,(H,14,15). The average Bonchev–Trinajstić information content (AvgIpc) is 2.52. The van der Waals surface area contributed by atoms with Crippen LogP contribution in [0.1, 0.15) is 19.4 Å².